The largest absolute Gasteiger partial charge is 0.341 e. The lowest BCUT2D eigenvalue weighted by atomic mass is 10.1. The van der Waals surface area contributed by atoms with E-state index in [0.717, 1.165) is 64.8 Å². The van der Waals surface area contributed by atoms with Gasteiger partial charge in [0.1, 0.15) is 0 Å². The zero-order chi connectivity index (χ0) is 17.2. The van der Waals surface area contributed by atoms with Crippen molar-refractivity contribution < 1.29 is 4.79 Å². The average molecular weight is 332 g/mol. The van der Waals surface area contributed by atoms with Crippen molar-refractivity contribution in [2.24, 2.45) is 5.73 Å². The molecule has 1 saturated heterocycles. The van der Waals surface area contributed by atoms with E-state index in [9.17, 15) is 4.79 Å². The minimum atomic E-state index is 0.330. The predicted molar refractivity (Wildman–Crippen MR) is 99.7 cm³/mol. The Morgan fingerprint density at radius 1 is 1.08 bits per heavy atom. The normalized spacial score (nSPS) is 19.2. The molecule has 2 N–H and O–H groups in total. The van der Waals surface area contributed by atoms with Gasteiger partial charge in [0.15, 0.2) is 0 Å². The number of hydrogen-bond acceptors (Lipinski definition) is 3. The summed E-state index contributed by atoms with van der Waals surface area (Å²) in [6.45, 7) is 6.74. The second kappa shape index (κ2) is 10.5. The monoisotopic (exact) mass is 331 g/mol. The maximum Gasteiger partial charge on any atom is 0.222 e. The second-order valence-electron chi connectivity index (χ2n) is 6.93. The van der Waals surface area contributed by atoms with E-state index < -0.39 is 0 Å². The van der Waals surface area contributed by atoms with Crippen molar-refractivity contribution in [3.63, 3.8) is 0 Å². The molecule has 134 valence electrons. The number of amides is 1. The van der Waals surface area contributed by atoms with Gasteiger partial charge in [-0.25, -0.2) is 0 Å². The average Bonchev–Trinajstić information content (AvgIpc) is 2.78. The Balaban J connectivity index is 1.77. The Kier molecular flexibility index (Phi) is 8.26. The number of unbranched alkanes of at least 4 members (excludes halogenated alkanes) is 3. The molecule has 1 amide bonds. The Morgan fingerprint density at radius 2 is 1.83 bits per heavy atom. The minimum Gasteiger partial charge on any atom is -0.341 e. The van der Waals surface area contributed by atoms with Gasteiger partial charge in [-0.2, -0.15) is 0 Å². The minimum absolute atomic E-state index is 0.330. The van der Waals surface area contributed by atoms with E-state index in [1.165, 1.54) is 5.56 Å². The van der Waals surface area contributed by atoms with Gasteiger partial charge in [0.2, 0.25) is 5.91 Å². The molecule has 0 aliphatic carbocycles. The molecule has 1 aliphatic heterocycles. The van der Waals surface area contributed by atoms with Crippen LogP contribution in [-0.2, 0) is 11.3 Å². The van der Waals surface area contributed by atoms with Gasteiger partial charge in [-0.05, 0) is 38.3 Å². The molecule has 1 aliphatic rings. The lowest BCUT2D eigenvalue weighted by Crippen LogP contribution is -2.36. The summed E-state index contributed by atoms with van der Waals surface area (Å²) < 4.78 is 0. The van der Waals surface area contributed by atoms with Gasteiger partial charge in [-0.3, -0.25) is 9.69 Å². The fourth-order valence-electron chi connectivity index (χ4n) is 3.34. The van der Waals surface area contributed by atoms with Crippen LogP contribution in [-0.4, -0.2) is 47.9 Å². The fourth-order valence-corrected chi connectivity index (χ4v) is 3.34. The lowest BCUT2D eigenvalue weighted by molar-refractivity contribution is -0.131. The van der Waals surface area contributed by atoms with Crippen LogP contribution >= 0.6 is 0 Å². The van der Waals surface area contributed by atoms with Crippen LogP contribution in [0.15, 0.2) is 30.3 Å². The third-order valence-electron chi connectivity index (χ3n) is 5.02. The molecule has 1 heterocycles. The molecule has 1 aromatic carbocycles. The van der Waals surface area contributed by atoms with Crippen molar-refractivity contribution in [2.75, 3.05) is 26.2 Å². The van der Waals surface area contributed by atoms with Crippen LogP contribution in [0.25, 0.3) is 0 Å². The molecule has 2 rings (SSSR count). The first-order valence-electron chi connectivity index (χ1n) is 9.46. The van der Waals surface area contributed by atoms with Crippen LogP contribution in [0.4, 0.5) is 0 Å². The van der Waals surface area contributed by atoms with Crippen molar-refractivity contribution in [2.45, 2.75) is 58.0 Å². The van der Waals surface area contributed by atoms with Crippen LogP contribution in [0.1, 0.15) is 51.0 Å². The number of carbonyl (C=O) groups is 1. The van der Waals surface area contributed by atoms with Gasteiger partial charge in [0, 0.05) is 38.6 Å². The number of benzene rings is 1. The van der Waals surface area contributed by atoms with Crippen LogP contribution in [0.2, 0.25) is 0 Å². The van der Waals surface area contributed by atoms with E-state index in [-0.39, 0.29) is 0 Å². The summed E-state index contributed by atoms with van der Waals surface area (Å²) in [6, 6.07) is 11.1. The van der Waals surface area contributed by atoms with Crippen molar-refractivity contribution in [1.82, 2.24) is 9.80 Å². The van der Waals surface area contributed by atoms with Gasteiger partial charge in [-0.15, -0.1) is 0 Å². The van der Waals surface area contributed by atoms with Crippen molar-refractivity contribution >= 4 is 5.91 Å². The van der Waals surface area contributed by atoms with Crippen molar-refractivity contribution in [3.05, 3.63) is 35.9 Å². The molecule has 0 spiro atoms. The van der Waals surface area contributed by atoms with Crippen molar-refractivity contribution in [3.8, 4) is 0 Å². The first-order valence-corrected chi connectivity index (χ1v) is 9.46. The highest BCUT2D eigenvalue weighted by Gasteiger charge is 2.23. The smallest absolute Gasteiger partial charge is 0.222 e. The third kappa shape index (κ3) is 6.25. The highest BCUT2D eigenvalue weighted by molar-refractivity contribution is 5.76. The standard InChI is InChI=1S/C20H33N3O/c1-18-12-14-22(20(24)11-7-2-3-8-13-21)15-16-23(18)17-19-9-5-4-6-10-19/h4-6,9-10,18H,2-3,7-8,11-17,21H2,1H3. The van der Waals surface area contributed by atoms with Crippen LogP contribution in [0.5, 0.6) is 0 Å². The summed E-state index contributed by atoms with van der Waals surface area (Å²) in [7, 11) is 0. The van der Waals surface area contributed by atoms with E-state index >= 15 is 0 Å². The van der Waals surface area contributed by atoms with E-state index in [1.54, 1.807) is 0 Å². The van der Waals surface area contributed by atoms with Gasteiger partial charge >= 0.3 is 0 Å². The summed E-state index contributed by atoms with van der Waals surface area (Å²) in [5.74, 6) is 0.330. The molecular formula is C20H33N3O. The molecule has 1 fully saturated rings. The zero-order valence-corrected chi connectivity index (χ0v) is 15.1. The van der Waals surface area contributed by atoms with E-state index in [0.29, 0.717) is 18.4 Å². The maximum absolute atomic E-state index is 12.4. The summed E-state index contributed by atoms with van der Waals surface area (Å²) in [4.78, 5) is 17.0. The van der Waals surface area contributed by atoms with Crippen molar-refractivity contribution in [1.29, 1.82) is 0 Å². The van der Waals surface area contributed by atoms with Gasteiger partial charge in [-0.1, -0.05) is 43.2 Å². The van der Waals surface area contributed by atoms with E-state index in [2.05, 4.69) is 47.1 Å². The quantitative estimate of drug-likeness (QED) is 0.745. The molecule has 1 unspecified atom stereocenters. The molecular weight excluding hydrogens is 298 g/mol. The Labute approximate surface area is 147 Å². The van der Waals surface area contributed by atoms with E-state index in [1.807, 2.05) is 0 Å². The maximum atomic E-state index is 12.4. The SMILES string of the molecule is CC1CCN(C(=O)CCCCCCN)CCN1Cc1ccccc1. The summed E-state index contributed by atoms with van der Waals surface area (Å²) >= 11 is 0. The molecule has 4 heteroatoms. The number of nitrogens with zero attached hydrogens (tertiary/aromatic N) is 2. The van der Waals surface area contributed by atoms with Crippen LogP contribution in [0.3, 0.4) is 0 Å². The molecule has 0 saturated carbocycles. The van der Waals surface area contributed by atoms with Crippen LogP contribution in [0, 0.1) is 0 Å². The molecule has 0 bridgehead atoms. The first-order chi connectivity index (χ1) is 11.7. The summed E-state index contributed by atoms with van der Waals surface area (Å²) in [6.07, 6.45) is 6.09. The molecule has 1 atom stereocenters. The predicted octanol–water partition coefficient (Wildman–Crippen LogP) is 3.02. The van der Waals surface area contributed by atoms with Gasteiger partial charge in [0.25, 0.3) is 0 Å². The van der Waals surface area contributed by atoms with E-state index in [4.69, 9.17) is 5.73 Å². The molecule has 0 aromatic heterocycles. The van der Waals surface area contributed by atoms with Gasteiger partial charge < -0.3 is 10.6 Å². The van der Waals surface area contributed by atoms with Crippen LogP contribution < -0.4 is 5.73 Å². The number of nitrogens with two attached hydrogens (primary N) is 1. The van der Waals surface area contributed by atoms with Gasteiger partial charge in [0.05, 0.1) is 0 Å². The lowest BCUT2D eigenvalue weighted by Gasteiger charge is -2.26. The topological polar surface area (TPSA) is 49.6 Å². The Bertz CT molecular complexity index is 477. The number of rotatable bonds is 8. The number of carbonyl (C=O) groups excluding carboxylic acids is 1. The second-order valence-corrected chi connectivity index (χ2v) is 6.93. The molecule has 1 aromatic rings. The Morgan fingerprint density at radius 3 is 2.58 bits per heavy atom. The zero-order valence-electron chi connectivity index (χ0n) is 15.1. The third-order valence-corrected chi connectivity index (χ3v) is 5.02. The fraction of sp³-hybridized carbons (Fsp3) is 0.650. The molecule has 24 heavy (non-hydrogen) atoms. The molecule has 4 nitrogen and oxygen atoms in total. The highest BCUT2D eigenvalue weighted by atomic mass is 16.2. The first kappa shape index (κ1) is 18.9. The summed E-state index contributed by atoms with van der Waals surface area (Å²) in [5, 5.41) is 0. The number of hydrogen-bond donors (Lipinski definition) is 1. The summed E-state index contributed by atoms with van der Waals surface area (Å²) in [5.41, 5.74) is 6.86. The highest BCUT2D eigenvalue weighted by Crippen LogP contribution is 2.16. The molecule has 0 radical (unpaired) electrons. The Hall–Kier alpha value is -1.39.